The van der Waals surface area contributed by atoms with Gasteiger partial charge in [-0.1, -0.05) is 46.3 Å². The summed E-state index contributed by atoms with van der Waals surface area (Å²) in [5.41, 5.74) is 1.62. The van der Waals surface area contributed by atoms with Crippen molar-refractivity contribution in [2.75, 3.05) is 11.9 Å². The van der Waals surface area contributed by atoms with Crippen LogP contribution in [0.3, 0.4) is 0 Å². The normalized spacial score (nSPS) is 10.2. The summed E-state index contributed by atoms with van der Waals surface area (Å²) < 4.78 is 0. The highest BCUT2D eigenvalue weighted by Gasteiger charge is 2.15. The van der Waals surface area contributed by atoms with Crippen LogP contribution in [0.1, 0.15) is 15.9 Å². The van der Waals surface area contributed by atoms with Crippen LogP contribution in [-0.4, -0.2) is 32.6 Å². The molecule has 0 saturated carbocycles. The lowest BCUT2D eigenvalue weighted by atomic mass is 10.2. The van der Waals surface area contributed by atoms with E-state index in [2.05, 4.69) is 25.9 Å². The van der Waals surface area contributed by atoms with E-state index in [1.807, 2.05) is 30.3 Å². The molecule has 2 aromatic rings. The molecule has 0 aliphatic heterocycles. The smallest absolute Gasteiger partial charge is 0.257 e. The van der Waals surface area contributed by atoms with E-state index in [0.717, 1.165) is 10.9 Å². The van der Waals surface area contributed by atoms with Crippen molar-refractivity contribution < 1.29 is 4.79 Å². The van der Waals surface area contributed by atoms with Gasteiger partial charge in [-0.05, 0) is 5.56 Å². The predicted molar refractivity (Wildman–Crippen MR) is 77.0 cm³/mol. The first kappa shape index (κ1) is 13.7. The SMILES string of the molecule is O=C(c1cncnc1)N(CCBr)Cc1ccccc1. The van der Waals surface area contributed by atoms with Crippen molar-refractivity contribution in [1.82, 2.24) is 14.9 Å². The summed E-state index contributed by atoms with van der Waals surface area (Å²) >= 11 is 3.38. The molecule has 1 aromatic heterocycles. The first-order valence-corrected chi connectivity index (χ1v) is 7.07. The lowest BCUT2D eigenvalue weighted by Crippen LogP contribution is -2.32. The molecule has 1 heterocycles. The molecule has 1 amide bonds. The summed E-state index contributed by atoms with van der Waals surface area (Å²) in [6.07, 6.45) is 4.51. The zero-order valence-corrected chi connectivity index (χ0v) is 12.0. The Morgan fingerprint density at radius 3 is 2.47 bits per heavy atom. The third kappa shape index (κ3) is 3.86. The third-order valence-electron chi connectivity index (χ3n) is 2.67. The molecule has 0 saturated heterocycles. The highest BCUT2D eigenvalue weighted by Crippen LogP contribution is 2.09. The van der Waals surface area contributed by atoms with Crippen LogP contribution < -0.4 is 0 Å². The molecule has 0 unspecified atom stereocenters. The Labute approximate surface area is 120 Å². The standard InChI is InChI=1S/C14H14BrN3O/c15-6-7-18(10-12-4-2-1-3-5-12)14(19)13-8-16-11-17-9-13/h1-5,8-9,11H,6-7,10H2. The number of hydrogen-bond donors (Lipinski definition) is 0. The van der Waals surface area contributed by atoms with Crippen LogP contribution in [0.15, 0.2) is 49.1 Å². The summed E-state index contributed by atoms with van der Waals surface area (Å²) in [7, 11) is 0. The number of alkyl halides is 1. The van der Waals surface area contributed by atoms with Crippen molar-refractivity contribution in [2.45, 2.75) is 6.54 Å². The van der Waals surface area contributed by atoms with Crippen LogP contribution in [0.4, 0.5) is 0 Å². The number of amides is 1. The van der Waals surface area contributed by atoms with Crippen LogP contribution in [0.25, 0.3) is 0 Å². The monoisotopic (exact) mass is 319 g/mol. The van der Waals surface area contributed by atoms with E-state index in [0.29, 0.717) is 18.7 Å². The summed E-state index contributed by atoms with van der Waals surface area (Å²) in [4.78, 5) is 21.9. The summed E-state index contributed by atoms with van der Waals surface area (Å²) in [5, 5.41) is 0.735. The number of benzene rings is 1. The zero-order valence-electron chi connectivity index (χ0n) is 10.4. The van der Waals surface area contributed by atoms with Gasteiger partial charge >= 0.3 is 0 Å². The van der Waals surface area contributed by atoms with Gasteiger partial charge in [0.25, 0.3) is 5.91 Å². The first-order chi connectivity index (χ1) is 9.31. The topological polar surface area (TPSA) is 46.1 Å². The predicted octanol–water partition coefficient (Wildman–Crippen LogP) is 2.51. The molecule has 0 spiro atoms. The molecule has 0 atom stereocenters. The van der Waals surface area contributed by atoms with Gasteiger partial charge in [0, 0.05) is 30.8 Å². The first-order valence-electron chi connectivity index (χ1n) is 5.95. The van der Waals surface area contributed by atoms with Gasteiger partial charge in [0.05, 0.1) is 5.56 Å². The molecular weight excluding hydrogens is 306 g/mol. The maximum Gasteiger partial charge on any atom is 0.257 e. The van der Waals surface area contributed by atoms with Crippen molar-refractivity contribution >= 4 is 21.8 Å². The molecule has 0 aliphatic carbocycles. The van der Waals surface area contributed by atoms with Crippen molar-refractivity contribution in [2.24, 2.45) is 0 Å². The Morgan fingerprint density at radius 2 is 1.84 bits per heavy atom. The van der Waals surface area contributed by atoms with Crippen LogP contribution in [0, 0.1) is 0 Å². The Hall–Kier alpha value is -1.75. The van der Waals surface area contributed by atoms with Gasteiger partial charge in [-0.15, -0.1) is 0 Å². The molecule has 1 aromatic carbocycles. The highest BCUT2D eigenvalue weighted by atomic mass is 79.9. The Bertz CT molecular complexity index is 519. The number of halogens is 1. The minimum atomic E-state index is -0.0519. The average Bonchev–Trinajstić information content (AvgIpc) is 2.48. The van der Waals surface area contributed by atoms with E-state index >= 15 is 0 Å². The largest absolute Gasteiger partial charge is 0.333 e. The van der Waals surface area contributed by atoms with Crippen LogP contribution in [0.5, 0.6) is 0 Å². The molecule has 98 valence electrons. The number of carbonyl (C=O) groups excluding carboxylic acids is 1. The Kier molecular flexibility index (Phi) is 5.03. The number of aromatic nitrogens is 2. The van der Waals surface area contributed by atoms with Crippen LogP contribution >= 0.6 is 15.9 Å². The van der Waals surface area contributed by atoms with Gasteiger partial charge in [-0.3, -0.25) is 4.79 Å². The van der Waals surface area contributed by atoms with Crippen molar-refractivity contribution in [1.29, 1.82) is 0 Å². The molecule has 4 nitrogen and oxygen atoms in total. The number of hydrogen-bond acceptors (Lipinski definition) is 3. The second kappa shape index (κ2) is 6.99. The van der Waals surface area contributed by atoms with Gasteiger partial charge in [-0.2, -0.15) is 0 Å². The maximum absolute atomic E-state index is 12.4. The lowest BCUT2D eigenvalue weighted by molar-refractivity contribution is 0.0754. The zero-order chi connectivity index (χ0) is 13.5. The summed E-state index contributed by atoms with van der Waals surface area (Å²) in [5.74, 6) is -0.0519. The summed E-state index contributed by atoms with van der Waals surface area (Å²) in [6, 6.07) is 9.92. The van der Waals surface area contributed by atoms with Gasteiger partial charge in [0.2, 0.25) is 0 Å². The van der Waals surface area contributed by atoms with E-state index in [4.69, 9.17) is 0 Å². The fourth-order valence-electron chi connectivity index (χ4n) is 1.75. The van der Waals surface area contributed by atoms with E-state index in [1.54, 1.807) is 17.3 Å². The van der Waals surface area contributed by atoms with Crippen molar-refractivity contribution in [3.8, 4) is 0 Å². The van der Waals surface area contributed by atoms with Crippen molar-refractivity contribution in [3.05, 3.63) is 60.2 Å². The number of carbonyl (C=O) groups is 1. The molecule has 0 bridgehead atoms. The Balaban J connectivity index is 2.14. The van der Waals surface area contributed by atoms with E-state index in [9.17, 15) is 4.79 Å². The lowest BCUT2D eigenvalue weighted by Gasteiger charge is -2.21. The van der Waals surface area contributed by atoms with Crippen LogP contribution in [0.2, 0.25) is 0 Å². The maximum atomic E-state index is 12.4. The second-order valence-electron chi connectivity index (χ2n) is 4.03. The van der Waals surface area contributed by atoms with Gasteiger partial charge in [-0.25, -0.2) is 9.97 Å². The molecule has 0 N–H and O–H groups in total. The summed E-state index contributed by atoms with van der Waals surface area (Å²) in [6.45, 7) is 1.22. The van der Waals surface area contributed by atoms with E-state index < -0.39 is 0 Å². The fourth-order valence-corrected chi connectivity index (χ4v) is 2.18. The minimum Gasteiger partial charge on any atom is -0.333 e. The molecule has 5 heteroatoms. The molecule has 0 fully saturated rings. The van der Waals surface area contributed by atoms with Gasteiger partial charge in [0.1, 0.15) is 6.33 Å². The van der Waals surface area contributed by atoms with E-state index in [1.165, 1.54) is 6.33 Å². The Morgan fingerprint density at radius 1 is 1.16 bits per heavy atom. The van der Waals surface area contributed by atoms with Crippen molar-refractivity contribution in [3.63, 3.8) is 0 Å². The second-order valence-corrected chi connectivity index (χ2v) is 4.82. The number of nitrogens with zero attached hydrogens (tertiary/aromatic N) is 3. The quantitative estimate of drug-likeness (QED) is 0.795. The van der Waals surface area contributed by atoms with Crippen LogP contribution in [-0.2, 0) is 6.54 Å². The minimum absolute atomic E-state index is 0.0519. The molecule has 19 heavy (non-hydrogen) atoms. The molecular formula is C14H14BrN3O. The van der Waals surface area contributed by atoms with E-state index in [-0.39, 0.29) is 5.91 Å². The molecule has 2 rings (SSSR count). The fraction of sp³-hybridized carbons (Fsp3) is 0.214. The average molecular weight is 320 g/mol. The molecule has 0 radical (unpaired) electrons. The number of rotatable bonds is 5. The van der Waals surface area contributed by atoms with Gasteiger partial charge < -0.3 is 4.90 Å². The highest BCUT2D eigenvalue weighted by molar-refractivity contribution is 9.09. The third-order valence-corrected chi connectivity index (χ3v) is 3.02. The van der Waals surface area contributed by atoms with Gasteiger partial charge in [0.15, 0.2) is 0 Å². The molecule has 0 aliphatic rings.